The van der Waals surface area contributed by atoms with Crippen molar-refractivity contribution in [1.29, 1.82) is 0 Å². The van der Waals surface area contributed by atoms with Gasteiger partial charge in [-0.3, -0.25) is 14.6 Å². The van der Waals surface area contributed by atoms with Crippen molar-refractivity contribution in [3.63, 3.8) is 0 Å². The maximum absolute atomic E-state index is 12.8. The molecule has 1 amide bonds. The van der Waals surface area contributed by atoms with Crippen LogP contribution in [0.4, 0.5) is 0 Å². The molecule has 3 heterocycles. The molecule has 0 saturated heterocycles. The van der Waals surface area contributed by atoms with Gasteiger partial charge in [-0.15, -0.1) is 0 Å². The van der Waals surface area contributed by atoms with E-state index >= 15 is 0 Å². The molecule has 0 atom stereocenters. The van der Waals surface area contributed by atoms with E-state index in [2.05, 4.69) is 18.8 Å². The third kappa shape index (κ3) is 5.51. The molecule has 166 valence electrons. The van der Waals surface area contributed by atoms with Crippen molar-refractivity contribution in [1.82, 2.24) is 14.5 Å². The van der Waals surface area contributed by atoms with E-state index in [1.165, 1.54) is 13.2 Å². The van der Waals surface area contributed by atoms with Gasteiger partial charge in [0.2, 0.25) is 5.91 Å². The molecule has 0 bridgehead atoms. The zero-order chi connectivity index (χ0) is 22.4. The van der Waals surface area contributed by atoms with Gasteiger partial charge in [0.05, 0.1) is 7.11 Å². The van der Waals surface area contributed by atoms with Crippen molar-refractivity contribution in [2.45, 2.75) is 46.3 Å². The number of hydrogen-bond acceptors (Lipinski definition) is 6. The first-order valence-electron chi connectivity index (χ1n) is 10.5. The van der Waals surface area contributed by atoms with Crippen molar-refractivity contribution in [3.05, 3.63) is 57.8 Å². The fourth-order valence-electron chi connectivity index (χ4n) is 3.65. The van der Waals surface area contributed by atoms with E-state index in [4.69, 9.17) is 9.47 Å². The van der Waals surface area contributed by atoms with Gasteiger partial charge in [0.25, 0.3) is 5.56 Å². The summed E-state index contributed by atoms with van der Waals surface area (Å²) in [4.78, 5) is 43.9. The largest absolute Gasteiger partial charge is 0.488 e. The van der Waals surface area contributed by atoms with Crippen molar-refractivity contribution in [2.75, 3.05) is 20.2 Å². The smallest absolute Gasteiger partial charge is 0.343 e. The first-order valence-corrected chi connectivity index (χ1v) is 10.5. The third-order valence-corrected chi connectivity index (χ3v) is 5.39. The Balaban J connectivity index is 1.88. The fourth-order valence-corrected chi connectivity index (χ4v) is 3.65. The Morgan fingerprint density at radius 1 is 1.23 bits per heavy atom. The molecule has 0 radical (unpaired) electrons. The van der Waals surface area contributed by atoms with Crippen LogP contribution in [0.2, 0.25) is 0 Å². The quantitative estimate of drug-likeness (QED) is 0.631. The zero-order valence-electron chi connectivity index (χ0n) is 18.3. The van der Waals surface area contributed by atoms with Crippen molar-refractivity contribution < 1.29 is 19.1 Å². The van der Waals surface area contributed by atoms with E-state index in [1.54, 1.807) is 27.9 Å². The zero-order valence-corrected chi connectivity index (χ0v) is 18.3. The predicted octanol–water partition coefficient (Wildman–Crippen LogP) is 2.43. The van der Waals surface area contributed by atoms with Crippen LogP contribution >= 0.6 is 0 Å². The lowest BCUT2D eigenvalue weighted by atomic mass is 10.1. The molecule has 8 heteroatoms. The summed E-state index contributed by atoms with van der Waals surface area (Å²) in [7, 11) is 1.30. The van der Waals surface area contributed by atoms with E-state index < -0.39 is 5.97 Å². The number of carbonyl (C=O) groups excluding carboxylic acids is 2. The van der Waals surface area contributed by atoms with Gasteiger partial charge in [-0.1, -0.05) is 19.9 Å². The molecular formula is C23H29N3O5. The Kier molecular flexibility index (Phi) is 7.44. The molecular weight excluding hydrogens is 398 g/mol. The molecule has 2 aromatic rings. The summed E-state index contributed by atoms with van der Waals surface area (Å²) in [5.41, 5.74) is 1.33. The topological polar surface area (TPSA) is 90.7 Å². The van der Waals surface area contributed by atoms with Crippen LogP contribution in [0.5, 0.6) is 5.75 Å². The first-order chi connectivity index (χ1) is 14.9. The van der Waals surface area contributed by atoms with Crippen LogP contribution in [0.25, 0.3) is 0 Å². The second-order valence-corrected chi connectivity index (χ2v) is 8.02. The molecule has 2 aromatic heterocycles. The van der Waals surface area contributed by atoms with E-state index in [1.807, 2.05) is 6.07 Å². The molecule has 0 N–H and O–H groups in total. The Bertz CT molecular complexity index is 985. The Morgan fingerprint density at radius 2 is 2.03 bits per heavy atom. The van der Waals surface area contributed by atoms with Crippen LogP contribution in [0.15, 0.2) is 35.4 Å². The monoisotopic (exact) mass is 427 g/mol. The van der Waals surface area contributed by atoms with Gasteiger partial charge in [0.15, 0.2) is 0 Å². The fraction of sp³-hybridized carbons (Fsp3) is 0.478. The van der Waals surface area contributed by atoms with Crippen LogP contribution in [0.1, 0.15) is 48.3 Å². The molecule has 0 saturated carbocycles. The summed E-state index contributed by atoms with van der Waals surface area (Å²) in [5.74, 6) is 0.138. The van der Waals surface area contributed by atoms with E-state index in [0.29, 0.717) is 44.1 Å². The van der Waals surface area contributed by atoms with Gasteiger partial charge in [0, 0.05) is 62.2 Å². The minimum atomic E-state index is -0.565. The molecule has 3 rings (SSSR count). The lowest BCUT2D eigenvalue weighted by Gasteiger charge is -2.20. The molecule has 1 aliphatic heterocycles. The van der Waals surface area contributed by atoms with Crippen molar-refractivity contribution in [3.8, 4) is 5.75 Å². The van der Waals surface area contributed by atoms with Gasteiger partial charge < -0.3 is 18.9 Å². The van der Waals surface area contributed by atoms with Gasteiger partial charge in [-0.2, -0.15) is 0 Å². The Hall–Kier alpha value is -3.16. The number of aromatic nitrogens is 2. The average Bonchev–Trinajstić information content (AvgIpc) is 3.00. The summed E-state index contributed by atoms with van der Waals surface area (Å²) in [6, 6.07) is 4.96. The van der Waals surface area contributed by atoms with E-state index in [9.17, 15) is 14.4 Å². The van der Waals surface area contributed by atoms with Gasteiger partial charge in [-0.25, -0.2) is 4.79 Å². The molecule has 31 heavy (non-hydrogen) atoms. The molecule has 1 aliphatic rings. The van der Waals surface area contributed by atoms with Crippen molar-refractivity contribution >= 4 is 11.9 Å². The minimum absolute atomic E-state index is 0.0715. The number of hydrogen-bond donors (Lipinski definition) is 0. The third-order valence-electron chi connectivity index (χ3n) is 5.39. The SMILES string of the molecule is COC(=O)c1c(OCc2cccnc2)cc(=O)n2c1CCN(C(=O)CCC(C)C)CC2. The van der Waals surface area contributed by atoms with E-state index in [-0.39, 0.29) is 29.4 Å². The van der Waals surface area contributed by atoms with Crippen molar-refractivity contribution in [2.24, 2.45) is 5.92 Å². The minimum Gasteiger partial charge on any atom is -0.488 e. The molecule has 0 spiro atoms. The van der Waals surface area contributed by atoms with Crippen LogP contribution in [0, 0.1) is 5.92 Å². The lowest BCUT2D eigenvalue weighted by molar-refractivity contribution is -0.131. The summed E-state index contributed by atoms with van der Waals surface area (Å²) in [6.07, 6.45) is 4.99. The molecule has 0 aromatic carbocycles. The number of carbonyl (C=O) groups is 2. The standard InChI is InChI=1S/C23H29N3O5/c1-16(2)6-7-20(27)25-10-8-18-22(23(29)30-3)19(13-21(28)26(18)12-11-25)31-15-17-5-4-9-24-14-17/h4-5,9,13-14,16H,6-8,10-12,15H2,1-3H3. The Labute approximate surface area is 181 Å². The maximum Gasteiger partial charge on any atom is 0.343 e. The number of rotatable bonds is 7. The Morgan fingerprint density at radius 3 is 2.71 bits per heavy atom. The predicted molar refractivity (Wildman–Crippen MR) is 115 cm³/mol. The van der Waals surface area contributed by atoms with Crippen LogP contribution < -0.4 is 10.3 Å². The maximum atomic E-state index is 12.8. The number of esters is 1. The lowest BCUT2D eigenvalue weighted by Crippen LogP contribution is -2.34. The highest BCUT2D eigenvalue weighted by Gasteiger charge is 2.27. The molecule has 0 aliphatic carbocycles. The van der Waals surface area contributed by atoms with Gasteiger partial charge in [0.1, 0.15) is 17.9 Å². The van der Waals surface area contributed by atoms with Crippen LogP contribution in [-0.2, 0) is 29.1 Å². The average molecular weight is 428 g/mol. The van der Waals surface area contributed by atoms with E-state index in [0.717, 1.165) is 12.0 Å². The summed E-state index contributed by atoms with van der Waals surface area (Å²) >= 11 is 0. The number of amides is 1. The highest BCUT2D eigenvalue weighted by Crippen LogP contribution is 2.25. The number of pyridine rings is 2. The number of nitrogens with zero attached hydrogens (tertiary/aromatic N) is 3. The highest BCUT2D eigenvalue weighted by molar-refractivity contribution is 5.93. The molecule has 0 fully saturated rings. The molecule has 0 unspecified atom stereocenters. The number of methoxy groups -OCH3 is 1. The second kappa shape index (κ2) is 10.2. The summed E-state index contributed by atoms with van der Waals surface area (Å²) < 4.78 is 12.4. The summed E-state index contributed by atoms with van der Waals surface area (Å²) in [5, 5.41) is 0. The van der Waals surface area contributed by atoms with Crippen LogP contribution in [-0.4, -0.2) is 46.5 Å². The highest BCUT2D eigenvalue weighted by atomic mass is 16.5. The second-order valence-electron chi connectivity index (χ2n) is 8.02. The summed E-state index contributed by atoms with van der Waals surface area (Å²) in [6.45, 7) is 5.53. The number of ether oxygens (including phenoxy) is 2. The van der Waals surface area contributed by atoms with Gasteiger partial charge in [-0.05, 0) is 18.4 Å². The normalized spacial score (nSPS) is 13.5. The molecule has 8 nitrogen and oxygen atoms in total. The van der Waals surface area contributed by atoms with Crippen LogP contribution in [0.3, 0.4) is 0 Å². The first kappa shape index (κ1) is 22.5. The van der Waals surface area contributed by atoms with Gasteiger partial charge >= 0.3 is 5.97 Å². The number of fused-ring (bicyclic) bond motifs is 1.